The number of furan rings is 1. The molecule has 0 bridgehead atoms. The molecule has 8 nitrogen and oxygen atoms in total. The molecular formula is C30H39N5O3Si. The lowest BCUT2D eigenvalue weighted by atomic mass is 10.1. The number of amides is 1. The average Bonchev–Trinajstić information content (AvgIpc) is 3.49. The Bertz CT molecular complexity index is 1490. The second-order valence-corrected chi connectivity index (χ2v) is 16.9. The molecule has 0 saturated carbocycles. The van der Waals surface area contributed by atoms with Gasteiger partial charge >= 0.3 is 0 Å². The third kappa shape index (κ3) is 5.79. The number of nitrogens with one attached hydrogen (secondary N) is 1. The zero-order valence-corrected chi connectivity index (χ0v) is 25.0. The molecule has 1 aromatic carbocycles. The van der Waals surface area contributed by atoms with Gasteiger partial charge in [-0.05, 0) is 74.3 Å². The Morgan fingerprint density at radius 1 is 1.13 bits per heavy atom. The van der Waals surface area contributed by atoms with Gasteiger partial charge in [0.2, 0.25) is 0 Å². The Morgan fingerprint density at radius 3 is 2.56 bits per heavy atom. The molecule has 1 aliphatic heterocycles. The molecule has 39 heavy (non-hydrogen) atoms. The number of carbonyl (C=O) groups is 1. The third-order valence-corrected chi connectivity index (χ3v) is 12.6. The highest BCUT2D eigenvalue weighted by Crippen LogP contribution is 2.39. The van der Waals surface area contributed by atoms with Gasteiger partial charge in [0.1, 0.15) is 5.76 Å². The molecule has 0 aliphatic carbocycles. The van der Waals surface area contributed by atoms with Crippen molar-refractivity contribution in [3.8, 4) is 11.3 Å². The predicted octanol–water partition coefficient (Wildman–Crippen LogP) is 6.78. The molecule has 0 atom stereocenters. The van der Waals surface area contributed by atoms with Gasteiger partial charge < -0.3 is 19.1 Å². The molecule has 1 fully saturated rings. The predicted molar refractivity (Wildman–Crippen MR) is 159 cm³/mol. The Hall–Kier alpha value is -3.43. The van der Waals surface area contributed by atoms with Gasteiger partial charge in [-0.25, -0.2) is 0 Å². The minimum Gasteiger partial charge on any atom is -0.451 e. The molecule has 1 amide bonds. The number of anilines is 2. The number of fused-ring (bicyclic) bond motifs is 1. The van der Waals surface area contributed by atoms with Crippen LogP contribution in [0.3, 0.4) is 0 Å². The van der Waals surface area contributed by atoms with Crippen LogP contribution in [0.5, 0.6) is 0 Å². The fraction of sp³-hybridized carbons (Fsp3) is 0.433. The van der Waals surface area contributed by atoms with E-state index in [-0.39, 0.29) is 22.8 Å². The van der Waals surface area contributed by atoms with Crippen LogP contribution in [0.2, 0.25) is 18.1 Å². The number of carbonyl (C=O) groups excluding carboxylic acids is 1. The minimum absolute atomic E-state index is 0.188. The minimum atomic E-state index is -1.83. The van der Waals surface area contributed by atoms with Gasteiger partial charge in [-0.1, -0.05) is 20.8 Å². The molecule has 1 saturated heterocycles. The van der Waals surface area contributed by atoms with Crippen LogP contribution in [0.4, 0.5) is 11.4 Å². The van der Waals surface area contributed by atoms with Gasteiger partial charge in [-0.3, -0.25) is 14.5 Å². The lowest BCUT2D eigenvalue weighted by Crippen LogP contribution is -2.47. The largest absolute Gasteiger partial charge is 0.451 e. The number of hydrogen-bond acceptors (Lipinski definition) is 6. The highest BCUT2D eigenvalue weighted by Gasteiger charge is 2.39. The second-order valence-electron chi connectivity index (χ2n) is 12.1. The van der Waals surface area contributed by atoms with E-state index >= 15 is 0 Å². The Kier molecular flexibility index (Phi) is 7.15. The van der Waals surface area contributed by atoms with Gasteiger partial charge in [-0.2, -0.15) is 5.10 Å². The fourth-order valence-electron chi connectivity index (χ4n) is 4.85. The summed E-state index contributed by atoms with van der Waals surface area (Å²) in [6.45, 7) is 15.1. The molecule has 0 unspecified atom stereocenters. The van der Waals surface area contributed by atoms with Crippen molar-refractivity contribution >= 4 is 36.5 Å². The molecule has 0 radical (unpaired) electrons. The van der Waals surface area contributed by atoms with Crippen LogP contribution in [-0.2, 0) is 11.5 Å². The number of hydrogen-bond donors (Lipinski definition) is 1. The molecule has 9 heteroatoms. The van der Waals surface area contributed by atoms with Crippen molar-refractivity contribution in [2.24, 2.45) is 7.05 Å². The van der Waals surface area contributed by atoms with Crippen molar-refractivity contribution in [3.05, 3.63) is 60.2 Å². The standard InChI is InChI=1S/C30H39N5O3Si/c1-20-16-21(10-13-31-20)27-8-9-28(37-27)29(36)32-25-17-22-19-34(5)33-24(22)18-26(25)35-14-11-23(12-15-35)38-39(6,7)30(2,3)4/h8-10,13,16-19,23H,11-12,14-15H2,1-7H3,(H,32,36). The summed E-state index contributed by atoms with van der Waals surface area (Å²) >= 11 is 0. The van der Waals surface area contributed by atoms with E-state index in [1.54, 1.807) is 16.9 Å². The van der Waals surface area contributed by atoms with Crippen molar-refractivity contribution in [3.63, 3.8) is 0 Å². The van der Waals surface area contributed by atoms with Gasteiger partial charge in [0, 0.05) is 55.3 Å². The average molecular weight is 546 g/mol. The number of pyridine rings is 1. The number of rotatable bonds is 6. The van der Waals surface area contributed by atoms with E-state index in [1.165, 1.54) is 0 Å². The molecular weight excluding hydrogens is 506 g/mol. The van der Waals surface area contributed by atoms with Crippen LogP contribution < -0.4 is 10.2 Å². The normalized spacial score (nSPS) is 15.2. The third-order valence-electron chi connectivity index (χ3n) is 8.05. The summed E-state index contributed by atoms with van der Waals surface area (Å²) in [4.78, 5) is 19.9. The SMILES string of the molecule is Cc1cc(-c2ccc(C(=O)Nc3cc4cn(C)nc4cc3N3CCC(O[Si](C)(C)C(C)(C)C)CC3)o2)ccn1. The van der Waals surface area contributed by atoms with E-state index in [0.29, 0.717) is 5.76 Å². The smallest absolute Gasteiger partial charge is 0.291 e. The summed E-state index contributed by atoms with van der Waals surface area (Å²) in [7, 11) is 0.0842. The van der Waals surface area contributed by atoms with Gasteiger partial charge in [0.05, 0.1) is 16.9 Å². The number of aromatic nitrogens is 3. The first-order chi connectivity index (χ1) is 18.4. The van der Waals surface area contributed by atoms with Crippen LogP contribution in [0.25, 0.3) is 22.2 Å². The van der Waals surface area contributed by atoms with Crippen LogP contribution in [0.1, 0.15) is 49.9 Å². The van der Waals surface area contributed by atoms with E-state index in [0.717, 1.165) is 59.5 Å². The van der Waals surface area contributed by atoms with Crippen molar-refractivity contribution in [1.29, 1.82) is 0 Å². The van der Waals surface area contributed by atoms with E-state index < -0.39 is 8.32 Å². The summed E-state index contributed by atoms with van der Waals surface area (Å²) in [5.74, 6) is 0.614. The zero-order chi connectivity index (χ0) is 27.9. The first kappa shape index (κ1) is 27.1. The first-order valence-corrected chi connectivity index (χ1v) is 16.5. The molecule has 206 valence electrons. The van der Waals surface area contributed by atoms with Crippen molar-refractivity contribution in [1.82, 2.24) is 14.8 Å². The summed E-state index contributed by atoms with van der Waals surface area (Å²) in [6.07, 6.45) is 5.87. The van der Waals surface area contributed by atoms with Crippen molar-refractivity contribution < 1.29 is 13.6 Å². The molecule has 1 aliphatic rings. The first-order valence-electron chi connectivity index (χ1n) is 13.6. The summed E-state index contributed by atoms with van der Waals surface area (Å²) in [5, 5.41) is 8.90. The monoisotopic (exact) mass is 545 g/mol. The quantitative estimate of drug-likeness (QED) is 0.269. The van der Waals surface area contributed by atoms with Gasteiger partial charge in [0.15, 0.2) is 14.1 Å². The number of benzene rings is 1. The molecule has 1 N–H and O–H groups in total. The van der Waals surface area contributed by atoms with E-state index in [9.17, 15) is 4.79 Å². The maximum Gasteiger partial charge on any atom is 0.291 e. The highest BCUT2D eigenvalue weighted by molar-refractivity contribution is 6.74. The van der Waals surface area contributed by atoms with Crippen molar-refractivity contribution in [2.45, 2.75) is 64.8 Å². The van der Waals surface area contributed by atoms with E-state index in [1.807, 2.05) is 44.4 Å². The van der Waals surface area contributed by atoms with Crippen molar-refractivity contribution in [2.75, 3.05) is 23.3 Å². The molecule has 3 aromatic heterocycles. The Morgan fingerprint density at radius 2 is 1.87 bits per heavy atom. The molecule has 4 aromatic rings. The van der Waals surface area contributed by atoms with Gasteiger partial charge in [-0.15, -0.1) is 0 Å². The topological polar surface area (TPSA) is 85.4 Å². The lowest BCUT2D eigenvalue weighted by molar-refractivity contribution is 0.0997. The maximum absolute atomic E-state index is 13.3. The number of piperidine rings is 1. The number of nitrogens with zero attached hydrogens (tertiary/aromatic N) is 4. The van der Waals surface area contributed by atoms with Crippen LogP contribution >= 0.6 is 0 Å². The Balaban J connectivity index is 1.36. The zero-order valence-electron chi connectivity index (χ0n) is 24.0. The van der Waals surface area contributed by atoms with E-state index in [2.05, 4.69) is 60.2 Å². The van der Waals surface area contributed by atoms with Gasteiger partial charge in [0.25, 0.3) is 5.91 Å². The maximum atomic E-state index is 13.3. The summed E-state index contributed by atoms with van der Waals surface area (Å²) in [5.41, 5.74) is 4.40. The molecule has 0 spiro atoms. The molecule has 5 rings (SSSR count). The van der Waals surface area contributed by atoms with E-state index in [4.69, 9.17) is 8.84 Å². The van der Waals surface area contributed by atoms with Crippen LogP contribution in [0, 0.1) is 6.92 Å². The summed E-state index contributed by atoms with van der Waals surface area (Å²) < 4.78 is 14.5. The summed E-state index contributed by atoms with van der Waals surface area (Å²) in [6, 6.07) is 11.4. The fourth-order valence-corrected chi connectivity index (χ4v) is 6.27. The second kappa shape index (κ2) is 10.3. The lowest BCUT2D eigenvalue weighted by Gasteiger charge is -2.42. The highest BCUT2D eigenvalue weighted by atomic mass is 28.4. The number of aryl methyl sites for hydroxylation is 2. The Labute approximate surface area is 231 Å². The molecule has 4 heterocycles. The van der Waals surface area contributed by atoms with Crippen LogP contribution in [0.15, 0.2) is 53.2 Å². The van der Waals surface area contributed by atoms with Crippen LogP contribution in [-0.4, -0.2) is 48.2 Å².